The largest absolute Gasteiger partial charge is 0.496 e. The Bertz CT molecular complexity index is 626. The van der Waals surface area contributed by atoms with Gasteiger partial charge in [0, 0.05) is 37.1 Å². The predicted molar refractivity (Wildman–Crippen MR) is 81.9 cm³/mol. The molecule has 0 aliphatic rings. The number of nitro benzene ring substituents is 1. The van der Waals surface area contributed by atoms with Crippen LogP contribution in [0.1, 0.15) is 18.9 Å². The summed E-state index contributed by atoms with van der Waals surface area (Å²) < 4.78 is 9.82. The molecular weight excluding hydrogens is 304 g/mol. The van der Waals surface area contributed by atoms with Crippen LogP contribution in [0.5, 0.6) is 5.75 Å². The van der Waals surface area contributed by atoms with Crippen molar-refractivity contribution in [2.45, 2.75) is 19.9 Å². The molecule has 0 saturated carbocycles. The van der Waals surface area contributed by atoms with Crippen LogP contribution in [0.15, 0.2) is 30.4 Å². The van der Waals surface area contributed by atoms with Crippen LogP contribution in [-0.4, -0.2) is 30.5 Å². The molecule has 0 aromatic heterocycles. The normalized spacial score (nSPS) is 9.83. The standard InChI is InChI=1S/C15H18N2O6/c1-10(6-7-23-11(2)18)15(19)16-9-12-4-5-13(17(20)21)8-14(12)22-3/h4-5,8H,1,6-7,9H2,2-3H3,(H,16,19). The number of nitrogens with one attached hydrogen (secondary N) is 1. The van der Waals surface area contributed by atoms with E-state index >= 15 is 0 Å². The van der Waals surface area contributed by atoms with Gasteiger partial charge in [-0.15, -0.1) is 0 Å². The van der Waals surface area contributed by atoms with Crippen molar-refractivity contribution in [3.63, 3.8) is 0 Å². The molecule has 0 aliphatic carbocycles. The number of esters is 1. The maximum Gasteiger partial charge on any atom is 0.302 e. The molecule has 0 fully saturated rings. The summed E-state index contributed by atoms with van der Waals surface area (Å²) in [5, 5.41) is 13.3. The van der Waals surface area contributed by atoms with Gasteiger partial charge in [-0.2, -0.15) is 0 Å². The lowest BCUT2D eigenvalue weighted by Gasteiger charge is -2.11. The smallest absolute Gasteiger partial charge is 0.302 e. The Morgan fingerprint density at radius 1 is 1.39 bits per heavy atom. The third kappa shape index (κ3) is 5.77. The van der Waals surface area contributed by atoms with Gasteiger partial charge in [-0.05, 0) is 6.07 Å². The van der Waals surface area contributed by atoms with E-state index in [9.17, 15) is 19.7 Å². The number of carbonyl (C=O) groups is 2. The van der Waals surface area contributed by atoms with E-state index in [1.165, 1.54) is 32.2 Å². The fourth-order valence-electron chi connectivity index (χ4n) is 1.72. The number of nitrogens with zero attached hydrogens (tertiary/aromatic N) is 1. The molecule has 0 aliphatic heterocycles. The van der Waals surface area contributed by atoms with Gasteiger partial charge >= 0.3 is 5.97 Å². The molecular formula is C15H18N2O6. The quantitative estimate of drug-likeness (QED) is 0.338. The van der Waals surface area contributed by atoms with Gasteiger partial charge in [0.15, 0.2) is 0 Å². The number of carbonyl (C=O) groups excluding carboxylic acids is 2. The Labute approximate surface area is 133 Å². The Kier molecular flexibility index (Phi) is 6.72. The Morgan fingerprint density at radius 2 is 2.09 bits per heavy atom. The third-order valence-corrected chi connectivity index (χ3v) is 2.95. The van der Waals surface area contributed by atoms with Crippen molar-refractivity contribution < 1.29 is 24.0 Å². The molecule has 0 radical (unpaired) electrons. The third-order valence-electron chi connectivity index (χ3n) is 2.95. The van der Waals surface area contributed by atoms with Crippen LogP contribution in [0.3, 0.4) is 0 Å². The highest BCUT2D eigenvalue weighted by Gasteiger charge is 2.13. The molecule has 0 spiro atoms. The molecule has 23 heavy (non-hydrogen) atoms. The summed E-state index contributed by atoms with van der Waals surface area (Å²) in [6.07, 6.45) is 0.225. The fraction of sp³-hybridized carbons (Fsp3) is 0.333. The highest BCUT2D eigenvalue weighted by molar-refractivity contribution is 5.92. The predicted octanol–water partition coefficient (Wildman–Crippen LogP) is 1.73. The van der Waals surface area contributed by atoms with Gasteiger partial charge in [-0.25, -0.2) is 0 Å². The molecule has 8 nitrogen and oxygen atoms in total. The van der Waals surface area contributed by atoms with E-state index in [1.807, 2.05) is 0 Å². The summed E-state index contributed by atoms with van der Waals surface area (Å²) in [5.74, 6) is -0.503. The van der Waals surface area contributed by atoms with E-state index < -0.39 is 16.8 Å². The monoisotopic (exact) mass is 322 g/mol. The summed E-state index contributed by atoms with van der Waals surface area (Å²) in [5.41, 5.74) is 0.772. The minimum atomic E-state index is -0.526. The first-order chi connectivity index (χ1) is 10.8. The second-order valence-electron chi connectivity index (χ2n) is 4.63. The number of benzene rings is 1. The molecule has 0 heterocycles. The lowest BCUT2D eigenvalue weighted by molar-refractivity contribution is -0.384. The van der Waals surface area contributed by atoms with E-state index in [2.05, 4.69) is 11.9 Å². The molecule has 1 N–H and O–H groups in total. The Balaban J connectivity index is 2.60. The first kappa shape index (κ1) is 18.1. The minimum Gasteiger partial charge on any atom is -0.496 e. The highest BCUT2D eigenvalue weighted by atomic mass is 16.6. The number of ether oxygens (including phenoxy) is 2. The van der Waals surface area contributed by atoms with Crippen molar-refractivity contribution in [2.75, 3.05) is 13.7 Å². The summed E-state index contributed by atoms with van der Waals surface area (Å²) in [6, 6.07) is 4.13. The van der Waals surface area contributed by atoms with E-state index in [0.29, 0.717) is 11.3 Å². The van der Waals surface area contributed by atoms with Crippen molar-refractivity contribution in [3.05, 3.63) is 46.0 Å². The topological polar surface area (TPSA) is 108 Å². The number of methoxy groups -OCH3 is 1. The summed E-state index contributed by atoms with van der Waals surface area (Å²) in [7, 11) is 1.39. The van der Waals surface area contributed by atoms with Crippen LogP contribution in [0.25, 0.3) is 0 Å². The molecule has 1 aromatic rings. The van der Waals surface area contributed by atoms with Gasteiger partial charge in [-0.3, -0.25) is 19.7 Å². The first-order valence-electron chi connectivity index (χ1n) is 6.75. The maximum atomic E-state index is 11.9. The van der Waals surface area contributed by atoms with Gasteiger partial charge in [0.1, 0.15) is 5.75 Å². The minimum absolute atomic E-state index is 0.0858. The summed E-state index contributed by atoms with van der Waals surface area (Å²) in [6.45, 7) is 5.12. The zero-order chi connectivity index (χ0) is 17.4. The van der Waals surface area contributed by atoms with Gasteiger partial charge in [-0.1, -0.05) is 6.58 Å². The van der Waals surface area contributed by atoms with Crippen LogP contribution < -0.4 is 10.1 Å². The number of hydrogen-bond acceptors (Lipinski definition) is 6. The number of amides is 1. The zero-order valence-electron chi connectivity index (χ0n) is 13.0. The van der Waals surface area contributed by atoms with Crippen LogP contribution in [0, 0.1) is 10.1 Å². The van der Waals surface area contributed by atoms with Crippen LogP contribution in [0.4, 0.5) is 5.69 Å². The average molecular weight is 322 g/mol. The van der Waals surface area contributed by atoms with Crippen LogP contribution in [-0.2, 0) is 20.9 Å². The van der Waals surface area contributed by atoms with Gasteiger partial charge < -0.3 is 14.8 Å². The molecule has 0 saturated heterocycles. The zero-order valence-corrected chi connectivity index (χ0v) is 13.0. The highest BCUT2D eigenvalue weighted by Crippen LogP contribution is 2.24. The summed E-state index contributed by atoms with van der Waals surface area (Å²) in [4.78, 5) is 32.7. The Morgan fingerprint density at radius 3 is 2.65 bits per heavy atom. The van der Waals surface area contributed by atoms with E-state index in [1.54, 1.807) is 0 Å². The second kappa shape index (κ2) is 8.52. The van der Waals surface area contributed by atoms with Crippen LogP contribution >= 0.6 is 0 Å². The average Bonchev–Trinajstić information content (AvgIpc) is 2.51. The molecule has 0 bridgehead atoms. The fourth-order valence-corrected chi connectivity index (χ4v) is 1.72. The molecule has 0 atom stereocenters. The number of nitro groups is 1. The van der Waals surface area contributed by atoms with Crippen LogP contribution in [0.2, 0.25) is 0 Å². The number of hydrogen-bond donors (Lipinski definition) is 1. The molecule has 0 unspecified atom stereocenters. The first-order valence-corrected chi connectivity index (χ1v) is 6.75. The van der Waals surface area contributed by atoms with Gasteiger partial charge in [0.2, 0.25) is 5.91 Å². The second-order valence-corrected chi connectivity index (χ2v) is 4.63. The summed E-state index contributed by atoms with van der Waals surface area (Å²) >= 11 is 0. The molecule has 124 valence electrons. The van der Waals surface area contributed by atoms with Crippen molar-refractivity contribution in [3.8, 4) is 5.75 Å². The van der Waals surface area contributed by atoms with Gasteiger partial charge in [0.25, 0.3) is 5.69 Å². The van der Waals surface area contributed by atoms with Crippen molar-refractivity contribution in [2.24, 2.45) is 0 Å². The van der Waals surface area contributed by atoms with E-state index in [4.69, 9.17) is 9.47 Å². The lowest BCUT2D eigenvalue weighted by Crippen LogP contribution is -2.25. The van der Waals surface area contributed by atoms with E-state index in [-0.39, 0.29) is 30.8 Å². The SMILES string of the molecule is C=C(CCOC(C)=O)C(=O)NCc1ccc([N+](=O)[O-])cc1OC. The van der Waals surface area contributed by atoms with Crippen molar-refractivity contribution >= 4 is 17.6 Å². The number of rotatable bonds is 8. The van der Waals surface area contributed by atoms with E-state index in [0.717, 1.165) is 0 Å². The Hall–Kier alpha value is -2.90. The van der Waals surface area contributed by atoms with Crippen molar-refractivity contribution in [1.82, 2.24) is 5.32 Å². The van der Waals surface area contributed by atoms with Crippen molar-refractivity contribution in [1.29, 1.82) is 0 Å². The molecule has 1 amide bonds. The molecule has 8 heteroatoms. The maximum absolute atomic E-state index is 11.9. The lowest BCUT2D eigenvalue weighted by atomic mass is 10.1. The number of non-ortho nitro benzene ring substituents is 1. The molecule has 1 rings (SSSR count). The van der Waals surface area contributed by atoms with Gasteiger partial charge in [0.05, 0.1) is 24.7 Å². The molecule has 1 aromatic carbocycles.